The summed E-state index contributed by atoms with van der Waals surface area (Å²) < 4.78 is 0. The van der Waals surface area contributed by atoms with E-state index >= 15 is 0 Å². The Hall–Kier alpha value is -0.246. The van der Waals surface area contributed by atoms with Gasteiger partial charge in [0.2, 0.25) is 5.91 Å². The first-order valence-electron chi connectivity index (χ1n) is 6.00. The molecule has 0 aromatic heterocycles. The fraction of sp³-hybridized carbons (Fsp3) is 0.500. The quantitative estimate of drug-likeness (QED) is 0.924. The maximum atomic E-state index is 12.1. The third-order valence-electron chi connectivity index (χ3n) is 3.04. The van der Waals surface area contributed by atoms with Crippen molar-refractivity contribution in [2.24, 2.45) is 0 Å². The van der Waals surface area contributed by atoms with Gasteiger partial charge in [-0.15, -0.1) is 0 Å². The van der Waals surface area contributed by atoms with E-state index < -0.39 is 0 Å². The minimum Gasteiger partial charge on any atom is -0.324 e. The minimum atomic E-state index is -0.0750. The van der Waals surface area contributed by atoms with Crippen LogP contribution in [0.5, 0.6) is 0 Å². The Morgan fingerprint density at radius 2 is 1.78 bits per heavy atom. The molecule has 1 atom stereocenters. The van der Waals surface area contributed by atoms with E-state index in [0.29, 0.717) is 0 Å². The van der Waals surface area contributed by atoms with Gasteiger partial charge in [0.15, 0.2) is 0 Å². The number of likely N-dealkylation sites (N-methyl/N-ethyl adjacent to an activating group) is 1. The van der Waals surface area contributed by atoms with Gasteiger partial charge in [0.05, 0.1) is 6.04 Å². The molecule has 1 aromatic carbocycles. The van der Waals surface area contributed by atoms with Gasteiger partial charge in [-0.05, 0) is 45.5 Å². The van der Waals surface area contributed by atoms with E-state index in [4.69, 9.17) is 0 Å². The summed E-state index contributed by atoms with van der Waals surface area (Å²) in [5.74, 6) is 0.0647. The SMILES string of the molecule is CCC(C(=O)Nc1c(C)cccc1C)N(C)C.[Y]. The van der Waals surface area contributed by atoms with Crippen molar-refractivity contribution in [2.75, 3.05) is 19.4 Å². The molecule has 1 N–H and O–H groups in total. The standard InChI is InChI=1S/C14H22N2O.Y/c1-6-12(16(4)5)14(17)15-13-10(2)8-7-9-11(13)3;/h7-9,12H,6H2,1-5H3,(H,15,17);. The van der Waals surface area contributed by atoms with Crippen molar-refractivity contribution in [2.45, 2.75) is 33.2 Å². The molecule has 1 radical (unpaired) electrons. The number of hydrogen-bond acceptors (Lipinski definition) is 2. The third kappa shape index (κ3) is 4.45. The summed E-state index contributed by atoms with van der Waals surface area (Å²) >= 11 is 0. The van der Waals surface area contributed by atoms with Crippen LogP contribution in [-0.4, -0.2) is 30.9 Å². The van der Waals surface area contributed by atoms with E-state index in [1.807, 2.05) is 58.0 Å². The van der Waals surface area contributed by atoms with Crippen molar-refractivity contribution in [3.05, 3.63) is 29.3 Å². The molecule has 0 spiro atoms. The molecule has 97 valence electrons. The molecule has 0 bridgehead atoms. The zero-order chi connectivity index (χ0) is 13.0. The summed E-state index contributed by atoms with van der Waals surface area (Å²) in [5.41, 5.74) is 3.15. The van der Waals surface area contributed by atoms with E-state index in [1.165, 1.54) is 0 Å². The Balaban J connectivity index is 0.00000289. The van der Waals surface area contributed by atoms with E-state index in [2.05, 4.69) is 5.32 Å². The molecule has 4 heteroatoms. The van der Waals surface area contributed by atoms with Crippen LogP contribution >= 0.6 is 0 Å². The molecule has 0 aliphatic carbocycles. The smallest absolute Gasteiger partial charge is 0.241 e. The van der Waals surface area contributed by atoms with Gasteiger partial charge in [0, 0.05) is 38.4 Å². The first-order chi connectivity index (χ1) is 7.97. The van der Waals surface area contributed by atoms with Gasteiger partial charge in [-0.2, -0.15) is 0 Å². The van der Waals surface area contributed by atoms with Gasteiger partial charge in [0.1, 0.15) is 0 Å². The number of aryl methyl sites for hydroxylation is 2. The number of rotatable bonds is 4. The van der Waals surface area contributed by atoms with E-state index in [9.17, 15) is 4.79 Å². The van der Waals surface area contributed by atoms with Gasteiger partial charge >= 0.3 is 0 Å². The number of nitrogens with zero attached hydrogens (tertiary/aromatic N) is 1. The monoisotopic (exact) mass is 323 g/mol. The van der Waals surface area contributed by atoms with Crippen molar-refractivity contribution < 1.29 is 37.5 Å². The van der Waals surface area contributed by atoms with Crippen LogP contribution in [0.2, 0.25) is 0 Å². The molecule has 1 aromatic rings. The molecule has 0 fully saturated rings. The van der Waals surface area contributed by atoms with Crippen molar-refractivity contribution in [3.63, 3.8) is 0 Å². The van der Waals surface area contributed by atoms with Crippen molar-refractivity contribution in [3.8, 4) is 0 Å². The van der Waals surface area contributed by atoms with E-state index in [-0.39, 0.29) is 44.7 Å². The van der Waals surface area contributed by atoms with Crippen LogP contribution in [0, 0.1) is 13.8 Å². The van der Waals surface area contributed by atoms with E-state index in [1.54, 1.807) is 0 Å². The van der Waals surface area contributed by atoms with Crippen LogP contribution in [0.3, 0.4) is 0 Å². The summed E-state index contributed by atoms with van der Waals surface area (Å²) in [6.45, 7) is 6.05. The van der Waals surface area contributed by atoms with Crippen LogP contribution in [0.1, 0.15) is 24.5 Å². The molecule has 0 saturated heterocycles. The van der Waals surface area contributed by atoms with Crippen LogP contribution < -0.4 is 5.32 Å². The number of carbonyl (C=O) groups is 1. The van der Waals surface area contributed by atoms with Gasteiger partial charge in [-0.1, -0.05) is 25.1 Å². The summed E-state index contributed by atoms with van der Waals surface area (Å²) in [5, 5.41) is 3.03. The summed E-state index contributed by atoms with van der Waals surface area (Å²) in [4.78, 5) is 14.1. The molecular weight excluding hydrogens is 301 g/mol. The summed E-state index contributed by atoms with van der Waals surface area (Å²) in [6, 6.07) is 5.95. The van der Waals surface area contributed by atoms with Crippen LogP contribution in [0.25, 0.3) is 0 Å². The molecule has 1 amide bonds. The number of hydrogen-bond donors (Lipinski definition) is 1. The second kappa shape index (κ2) is 8.03. The Morgan fingerprint density at radius 3 is 2.17 bits per heavy atom. The Kier molecular flexibility index (Phi) is 7.92. The van der Waals surface area contributed by atoms with Crippen molar-refractivity contribution in [1.29, 1.82) is 0 Å². The molecule has 3 nitrogen and oxygen atoms in total. The molecule has 0 saturated carbocycles. The number of nitrogens with one attached hydrogen (secondary N) is 1. The fourth-order valence-electron chi connectivity index (χ4n) is 2.00. The minimum absolute atomic E-state index is 0. The zero-order valence-corrected chi connectivity index (χ0v) is 14.8. The van der Waals surface area contributed by atoms with Gasteiger partial charge in [-0.25, -0.2) is 0 Å². The third-order valence-corrected chi connectivity index (χ3v) is 3.04. The van der Waals surface area contributed by atoms with Gasteiger partial charge in [-0.3, -0.25) is 9.69 Å². The van der Waals surface area contributed by atoms with E-state index in [0.717, 1.165) is 23.2 Å². The first kappa shape index (κ1) is 17.8. The Bertz CT molecular complexity index is 385. The number of anilines is 1. The first-order valence-corrected chi connectivity index (χ1v) is 6.00. The second-order valence-electron chi connectivity index (χ2n) is 4.64. The molecule has 0 aliphatic rings. The number of benzene rings is 1. The van der Waals surface area contributed by atoms with Crippen LogP contribution in [0.15, 0.2) is 18.2 Å². The fourth-order valence-corrected chi connectivity index (χ4v) is 2.00. The number of para-hydroxylation sites is 1. The average molecular weight is 323 g/mol. The molecule has 18 heavy (non-hydrogen) atoms. The van der Waals surface area contributed by atoms with Gasteiger partial charge < -0.3 is 5.32 Å². The molecule has 1 unspecified atom stereocenters. The zero-order valence-electron chi connectivity index (χ0n) is 11.9. The Morgan fingerprint density at radius 1 is 1.28 bits per heavy atom. The Labute approximate surface area is 135 Å². The molecule has 1 rings (SSSR count). The molecule has 0 aliphatic heterocycles. The van der Waals surface area contributed by atoms with Crippen LogP contribution in [-0.2, 0) is 37.5 Å². The summed E-state index contributed by atoms with van der Waals surface area (Å²) in [6.07, 6.45) is 0.809. The largest absolute Gasteiger partial charge is 0.324 e. The summed E-state index contributed by atoms with van der Waals surface area (Å²) in [7, 11) is 3.86. The normalized spacial score (nSPS) is 11.9. The predicted octanol–water partition coefficient (Wildman–Crippen LogP) is 2.58. The van der Waals surface area contributed by atoms with Crippen molar-refractivity contribution in [1.82, 2.24) is 4.90 Å². The van der Waals surface area contributed by atoms with Gasteiger partial charge in [0.25, 0.3) is 0 Å². The molecule has 0 heterocycles. The number of carbonyl (C=O) groups excluding carboxylic acids is 1. The number of amides is 1. The second-order valence-corrected chi connectivity index (χ2v) is 4.64. The maximum Gasteiger partial charge on any atom is 0.241 e. The predicted molar refractivity (Wildman–Crippen MR) is 72.3 cm³/mol. The van der Waals surface area contributed by atoms with Crippen LogP contribution in [0.4, 0.5) is 5.69 Å². The average Bonchev–Trinajstić information content (AvgIpc) is 2.24. The topological polar surface area (TPSA) is 32.3 Å². The molecular formula is C14H22N2OY. The maximum absolute atomic E-state index is 12.1. The van der Waals surface area contributed by atoms with Crippen molar-refractivity contribution >= 4 is 11.6 Å².